The highest BCUT2D eigenvalue weighted by molar-refractivity contribution is 5.93. The Labute approximate surface area is 122 Å². The Kier molecular flexibility index (Phi) is 4.74. The number of anilines is 1. The van der Waals surface area contributed by atoms with Gasteiger partial charge in [0.2, 0.25) is 0 Å². The van der Waals surface area contributed by atoms with Crippen LogP contribution in [0.15, 0.2) is 18.2 Å². The van der Waals surface area contributed by atoms with Gasteiger partial charge in [-0.1, -0.05) is 6.92 Å². The van der Waals surface area contributed by atoms with Crippen molar-refractivity contribution < 1.29 is 19.6 Å². The molecule has 0 bridgehead atoms. The van der Waals surface area contributed by atoms with E-state index in [0.29, 0.717) is 18.2 Å². The van der Waals surface area contributed by atoms with Crippen molar-refractivity contribution in [2.24, 2.45) is 5.92 Å². The number of hydrogen-bond donors (Lipinski definition) is 2. The maximum atomic E-state index is 10.9. The molecule has 0 amide bonds. The number of nitrogens with one attached hydrogen (secondary N) is 1. The molecular formula is C14H18N2O5. The highest BCUT2D eigenvalue weighted by Gasteiger charge is 2.26. The topological polar surface area (TPSA) is 102 Å². The van der Waals surface area contributed by atoms with Crippen molar-refractivity contribution in [1.82, 2.24) is 0 Å². The Balaban J connectivity index is 2.09. The van der Waals surface area contributed by atoms with E-state index in [0.717, 1.165) is 19.4 Å². The van der Waals surface area contributed by atoms with E-state index in [9.17, 15) is 14.9 Å². The summed E-state index contributed by atoms with van der Waals surface area (Å²) < 4.78 is 5.59. The molecule has 2 N–H and O–H groups in total. The zero-order valence-electron chi connectivity index (χ0n) is 11.7. The van der Waals surface area contributed by atoms with Crippen molar-refractivity contribution in [3.05, 3.63) is 33.9 Å². The van der Waals surface area contributed by atoms with Gasteiger partial charge in [0, 0.05) is 30.8 Å². The van der Waals surface area contributed by atoms with Crippen molar-refractivity contribution in [2.45, 2.75) is 25.9 Å². The number of nitro groups is 1. The first-order chi connectivity index (χ1) is 10.0. The van der Waals surface area contributed by atoms with Crippen LogP contribution in [0.5, 0.6) is 0 Å². The molecule has 1 aromatic carbocycles. The summed E-state index contributed by atoms with van der Waals surface area (Å²) in [6, 6.07) is 4.07. The smallest absolute Gasteiger partial charge is 0.342 e. The summed E-state index contributed by atoms with van der Waals surface area (Å²) in [5, 5.41) is 23.0. The van der Waals surface area contributed by atoms with Crippen LogP contribution < -0.4 is 5.32 Å². The molecule has 1 heterocycles. The summed E-state index contributed by atoms with van der Waals surface area (Å²) >= 11 is 0. The highest BCUT2D eigenvalue weighted by Crippen LogP contribution is 2.26. The maximum absolute atomic E-state index is 10.9. The Morgan fingerprint density at radius 3 is 2.95 bits per heavy atom. The second-order valence-electron chi connectivity index (χ2n) is 5.04. The molecule has 1 aliphatic heterocycles. The van der Waals surface area contributed by atoms with Crippen molar-refractivity contribution in [3.63, 3.8) is 0 Å². The minimum absolute atomic E-state index is 0.214. The lowest BCUT2D eigenvalue weighted by Gasteiger charge is -2.18. The SMILES string of the molecule is CCC1OCCC1CNc1ccc(C(=O)O)c([N+](=O)[O-])c1. The van der Waals surface area contributed by atoms with Crippen LogP contribution >= 0.6 is 0 Å². The lowest BCUT2D eigenvalue weighted by atomic mass is 9.99. The Morgan fingerprint density at radius 2 is 2.33 bits per heavy atom. The maximum Gasteiger partial charge on any atom is 0.342 e. The third kappa shape index (κ3) is 3.49. The number of ether oxygens (including phenoxy) is 1. The number of rotatable bonds is 6. The predicted molar refractivity (Wildman–Crippen MR) is 76.7 cm³/mol. The molecule has 1 saturated heterocycles. The van der Waals surface area contributed by atoms with Gasteiger partial charge >= 0.3 is 5.97 Å². The molecule has 7 heteroatoms. The first kappa shape index (κ1) is 15.2. The molecule has 0 spiro atoms. The number of benzene rings is 1. The average molecular weight is 294 g/mol. The van der Waals surface area contributed by atoms with Crippen LogP contribution in [0.4, 0.5) is 11.4 Å². The van der Waals surface area contributed by atoms with Crippen LogP contribution in [0.2, 0.25) is 0 Å². The summed E-state index contributed by atoms with van der Waals surface area (Å²) in [5.74, 6) is -0.934. The molecule has 2 unspecified atom stereocenters. The second kappa shape index (κ2) is 6.53. The number of carbonyl (C=O) groups is 1. The van der Waals surface area contributed by atoms with Gasteiger partial charge in [-0.15, -0.1) is 0 Å². The third-order valence-corrected chi connectivity index (χ3v) is 3.74. The van der Waals surface area contributed by atoms with Crippen molar-refractivity contribution in [2.75, 3.05) is 18.5 Å². The van der Waals surface area contributed by atoms with E-state index in [1.54, 1.807) is 6.07 Å². The van der Waals surface area contributed by atoms with Crippen molar-refractivity contribution >= 4 is 17.3 Å². The van der Waals surface area contributed by atoms with Gasteiger partial charge in [0.05, 0.1) is 11.0 Å². The van der Waals surface area contributed by atoms with E-state index >= 15 is 0 Å². The molecule has 7 nitrogen and oxygen atoms in total. The zero-order chi connectivity index (χ0) is 15.4. The third-order valence-electron chi connectivity index (χ3n) is 3.74. The number of carboxylic acids is 1. The lowest BCUT2D eigenvalue weighted by Crippen LogP contribution is -2.22. The highest BCUT2D eigenvalue weighted by atomic mass is 16.6. The molecule has 0 saturated carbocycles. The normalized spacial score (nSPS) is 21.2. The second-order valence-corrected chi connectivity index (χ2v) is 5.04. The van der Waals surface area contributed by atoms with Crippen molar-refractivity contribution in [3.8, 4) is 0 Å². The molecule has 1 aliphatic rings. The predicted octanol–water partition coefficient (Wildman–Crippen LogP) is 2.52. The monoisotopic (exact) mass is 294 g/mol. The van der Waals surface area contributed by atoms with Gasteiger partial charge in [-0.2, -0.15) is 0 Å². The summed E-state index contributed by atoms with van der Waals surface area (Å²) in [4.78, 5) is 21.2. The molecule has 1 aromatic rings. The molecule has 0 aliphatic carbocycles. The van der Waals surface area contributed by atoms with Crippen LogP contribution in [0.1, 0.15) is 30.1 Å². The summed E-state index contributed by atoms with van der Waals surface area (Å²) in [6.07, 6.45) is 2.11. The van der Waals surface area contributed by atoms with Gasteiger partial charge in [0.25, 0.3) is 5.69 Å². The quantitative estimate of drug-likeness (QED) is 0.617. The summed E-state index contributed by atoms with van der Waals surface area (Å²) in [7, 11) is 0. The van der Waals surface area contributed by atoms with Crippen LogP contribution in [0, 0.1) is 16.0 Å². The number of hydrogen-bond acceptors (Lipinski definition) is 5. The summed E-state index contributed by atoms with van der Waals surface area (Å²) in [6.45, 7) is 3.46. The fraction of sp³-hybridized carbons (Fsp3) is 0.500. The van der Waals surface area contributed by atoms with E-state index < -0.39 is 16.6 Å². The van der Waals surface area contributed by atoms with Gasteiger partial charge in [-0.25, -0.2) is 4.79 Å². The largest absolute Gasteiger partial charge is 0.477 e. The van der Waals surface area contributed by atoms with E-state index in [-0.39, 0.29) is 11.7 Å². The molecule has 1 fully saturated rings. The zero-order valence-corrected chi connectivity index (χ0v) is 11.7. The van der Waals surface area contributed by atoms with E-state index in [1.807, 2.05) is 0 Å². The van der Waals surface area contributed by atoms with E-state index in [4.69, 9.17) is 9.84 Å². The molecular weight excluding hydrogens is 276 g/mol. The first-order valence-corrected chi connectivity index (χ1v) is 6.90. The van der Waals surface area contributed by atoms with Crippen LogP contribution in [0.25, 0.3) is 0 Å². The number of carboxylic acid groups (broad SMARTS) is 1. The van der Waals surface area contributed by atoms with Crippen LogP contribution in [0.3, 0.4) is 0 Å². The van der Waals surface area contributed by atoms with Crippen LogP contribution in [-0.4, -0.2) is 35.3 Å². The Morgan fingerprint density at radius 1 is 1.57 bits per heavy atom. The number of nitro benzene ring substituents is 1. The summed E-state index contributed by atoms with van der Waals surface area (Å²) in [5.41, 5.74) is -0.156. The standard InChI is InChI=1S/C14H18N2O5/c1-2-13-9(5-6-21-13)8-15-10-3-4-11(14(17)18)12(7-10)16(19)20/h3-4,7,9,13,15H,2,5-6,8H2,1H3,(H,17,18). The molecule has 21 heavy (non-hydrogen) atoms. The average Bonchev–Trinajstić information content (AvgIpc) is 2.92. The minimum atomic E-state index is -1.30. The van der Waals surface area contributed by atoms with Gasteiger partial charge in [-0.3, -0.25) is 10.1 Å². The van der Waals surface area contributed by atoms with Gasteiger partial charge in [0.1, 0.15) is 5.56 Å². The van der Waals surface area contributed by atoms with Crippen molar-refractivity contribution in [1.29, 1.82) is 0 Å². The molecule has 0 aromatic heterocycles. The van der Waals surface area contributed by atoms with Gasteiger partial charge < -0.3 is 15.2 Å². The number of nitrogens with zero attached hydrogens (tertiary/aromatic N) is 1. The molecule has 114 valence electrons. The fourth-order valence-corrected chi connectivity index (χ4v) is 2.60. The fourth-order valence-electron chi connectivity index (χ4n) is 2.60. The first-order valence-electron chi connectivity index (χ1n) is 6.90. The van der Waals surface area contributed by atoms with Gasteiger partial charge in [-0.05, 0) is 25.0 Å². The Hall–Kier alpha value is -2.15. The molecule has 0 radical (unpaired) electrons. The van der Waals surface area contributed by atoms with E-state index in [1.165, 1.54) is 12.1 Å². The van der Waals surface area contributed by atoms with Gasteiger partial charge in [0.15, 0.2) is 0 Å². The lowest BCUT2D eigenvalue weighted by molar-refractivity contribution is -0.385. The van der Waals surface area contributed by atoms with E-state index in [2.05, 4.69) is 12.2 Å². The molecule has 2 atom stereocenters. The Bertz CT molecular complexity index is 546. The van der Waals surface area contributed by atoms with Crippen LogP contribution in [-0.2, 0) is 4.74 Å². The minimum Gasteiger partial charge on any atom is -0.477 e. The number of aromatic carboxylic acids is 1. The molecule has 2 rings (SSSR count).